The van der Waals surface area contributed by atoms with E-state index in [2.05, 4.69) is 109 Å². The van der Waals surface area contributed by atoms with Crippen LogP contribution in [0.25, 0.3) is 20.2 Å². The van der Waals surface area contributed by atoms with Crippen molar-refractivity contribution in [3.8, 4) is 0 Å². The predicted molar refractivity (Wildman–Crippen MR) is 149 cm³/mol. The molecule has 1 unspecified atom stereocenters. The zero-order valence-corrected chi connectivity index (χ0v) is 19.9. The number of allylic oxidation sites excluding steroid dienone is 4. The lowest BCUT2D eigenvalue weighted by Crippen LogP contribution is -2.26. The molecule has 3 heteroatoms. The molecule has 0 saturated heterocycles. The van der Waals surface area contributed by atoms with Gasteiger partial charge < -0.3 is 4.90 Å². The number of hydrogen-bond donors (Lipinski definition) is 0. The van der Waals surface area contributed by atoms with Crippen molar-refractivity contribution < 1.29 is 0 Å². The van der Waals surface area contributed by atoms with Crippen molar-refractivity contribution in [2.45, 2.75) is 19.3 Å². The van der Waals surface area contributed by atoms with Crippen LogP contribution >= 0.6 is 11.3 Å². The van der Waals surface area contributed by atoms with Crippen LogP contribution in [0.5, 0.6) is 0 Å². The highest BCUT2D eigenvalue weighted by atomic mass is 32.1. The van der Waals surface area contributed by atoms with Crippen molar-refractivity contribution in [2.24, 2.45) is 0 Å². The SMILES string of the molecule is [B]c1ccccc1C1CC=CC=C1N(c1ccccc1)c1ccc2c(c1)sc1c(C)cccc12. The molecule has 0 amide bonds. The second kappa shape index (κ2) is 8.66. The maximum absolute atomic E-state index is 6.45. The fourth-order valence-electron chi connectivity index (χ4n) is 5.05. The maximum Gasteiger partial charge on any atom is 0.114 e. The molecule has 0 aliphatic heterocycles. The average Bonchev–Trinajstić information content (AvgIpc) is 3.25. The van der Waals surface area contributed by atoms with Gasteiger partial charge in [-0.2, -0.15) is 0 Å². The summed E-state index contributed by atoms with van der Waals surface area (Å²) in [5, 5.41) is 2.66. The number of anilines is 2. The van der Waals surface area contributed by atoms with Gasteiger partial charge in [-0.15, -0.1) is 11.3 Å². The summed E-state index contributed by atoms with van der Waals surface area (Å²) < 4.78 is 2.68. The Morgan fingerprint density at radius 2 is 1.65 bits per heavy atom. The number of hydrogen-bond acceptors (Lipinski definition) is 2. The molecule has 1 aliphatic carbocycles. The Balaban J connectivity index is 1.54. The molecule has 0 fully saturated rings. The number of aryl methyl sites for hydroxylation is 1. The summed E-state index contributed by atoms with van der Waals surface area (Å²) in [5.74, 6) is 0.187. The summed E-state index contributed by atoms with van der Waals surface area (Å²) in [6.07, 6.45) is 7.57. The lowest BCUT2D eigenvalue weighted by molar-refractivity contribution is 0.778. The van der Waals surface area contributed by atoms with E-state index in [0.29, 0.717) is 0 Å². The number of nitrogens with zero attached hydrogens (tertiary/aromatic N) is 1. The van der Waals surface area contributed by atoms with Crippen LogP contribution in [0.2, 0.25) is 0 Å². The average molecular weight is 453 g/mol. The number of benzene rings is 4. The second-order valence-corrected chi connectivity index (χ2v) is 9.89. The largest absolute Gasteiger partial charge is 0.314 e. The number of rotatable bonds is 4. The van der Waals surface area contributed by atoms with Gasteiger partial charge in [0.1, 0.15) is 7.85 Å². The van der Waals surface area contributed by atoms with Gasteiger partial charge in [-0.05, 0) is 54.8 Å². The number of thiophene rings is 1. The van der Waals surface area contributed by atoms with Crippen LogP contribution in [0, 0.1) is 6.92 Å². The van der Waals surface area contributed by atoms with Gasteiger partial charge in [-0.25, -0.2) is 0 Å². The molecule has 1 heterocycles. The quantitative estimate of drug-likeness (QED) is 0.250. The van der Waals surface area contributed by atoms with E-state index < -0.39 is 0 Å². The van der Waals surface area contributed by atoms with Gasteiger partial charge in [-0.3, -0.25) is 0 Å². The van der Waals surface area contributed by atoms with E-state index in [1.54, 1.807) is 0 Å². The van der Waals surface area contributed by atoms with Crippen LogP contribution in [-0.2, 0) is 0 Å². The summed E-state index contributed by atoms with van der Waals surface area (Å²) in [6, 6.07) is 32.4. The molecule has 1 nitrogen and oxygen atoms in total. The Bertz CT molecular complexity index is 1560. The van der Waals surface area contributed by atoms with Crippen molar-refractivity contribution in [3.05, 3.63) is 126 Å². The molecular weight excluding hydrogens is 429 g/mol. The van der Waals surface area contributed by atoms with Crippen LogP contribution in [0.3, 0.4) is 0 Å². The Labute approximate surface area is 206 Å². The lowest BCUT2D eigenvalue weighted by atomic mass is 9.79. The standard InChI is InChI=1S/C31H24BNS/c1-21-10-9-15-27-26-19-18-23(20-30(26)34-31(21)27)33(22-11-3-2-4-12-22)29-17-8-6-14-25(29)24-13-5-7-16-28(24)32/h2-13,15-20,25H,14H2,1H3. The molecule has 0 bridgehead atoms. The summed E-state index contributed by atoms with van der Waals surface area (Å²) in [6.45, 7) is 2.20. The van der Waals surface area contributed by atoms with Crippen LogP contribution in [0.15, 0.2) is 115 Å². The first-order valence-corrected chi connectivity index (χ1v) is 12.5. The van der Waals surface area contributed by atoms with Gasteiger partial charge in [0, 0.05) is 43.2 Å². The van der Waals surface area contributed by atoms with Crippen LogP contribution in [0.4, 0.5) is 11.4 Å². The monoisotopic (exact) mass is 453 g/mol. The first kappa shape index (κ1) is 21.0. The van der Waals surface area contributed by atoms with Crippen molar-refractivity contribution in [2.75, 3.05) is 4.90 Å². The smallest absolute Gasteiger partial charge is 0.114 e. The van der Waals surface area contributed by atoms with E-state index in [9.17, 15) is 0 Å². The van der Waals surface area contributed by atoms with E-state index in [4.69, 9.17) is 7.85 Å². The molecule has 1 atom stereocenters. The minimum absolute atomic E-state index is 0.187. The maximum atomic E-state index is 6.45. The molecule has 6 rings (SSSR count). The Kier molecular flexibility index (Phi) is 5.35. The summed E-state index contributed by atoms with van der Waals surface area (Å²) in [5.41, 5.74) is 6.92. The van der Waals surface area contributed by atoms with Gasteiger partial charge in [0.05, 0.1) is 0 Å². The first-order chi connectivity index (χ1) is 16.7. The third-order valence-electron chi connectivity index (χ3n) is 6.71. The Morgan fingerprint density at radius 3 is 2.50 bits per heavy atom. The van der Waals surface area contributed by atoms with E-state index in [0.717, 1.165) is 17.6 Å². The van der Waals surface area contributed by atoms with Gasteiger partial charge >= 0.3 is 0 Å². The fraction of sp³-hybridized carbons (Fsp3) is 0.0968. The van der Waals surface area contributed by atoms with E-state index >= 15 is 0 Å². The molecule has 0 N–H and O–H groups in total. The third-order valence-corrected chi connectivity index (χ3v) is 8.02. The molecular formula is C31H24BNS. The zero-order valence-electron chi connectivity index (χ0n) is 19.1. The topological polar surface area (TPSA) is 3.24 Å². The van der Waals surface area contributed by atoms with Gasteiger partial charge in [0.15, 0.2) is 0 Å². The molecule has 1 aliphatic rings. The van der Waals surface area contributed by atoms with E-state index in [-0.39, 0.29) is 5.92 Å². The zero-order chi connectivity index (χ0) is 23.1. The Hall–Kier alpha value is -3.56. The molecule has 0 spiro atoms. The van der Waals surface area contributed by atoms with Crippen molar-refractivity contribution in [1.29, 1.82) is 0 Å². The molecule has 162 valence electrons. The first-order valence-electron chi connectivity index (χ1n) is 11.7. The van der Waals surface area contributed by atoms with Gasteiger partial charge in [-0.1, -0.05) is 84.3 Å². The lowest BCUT2D eigenvalue weighted by Gasteiger charge is -2.34. The molecule has 0 saturated carbocycles. The summed E-state index contributed by atoms with van der Waals surface area (Å²) in [4.78, 5) is 2.40. The molecule has 1 aromatic heterocycles. The van der Waals surface area contributed by atoms with Crippen molar-refractivity contribution in [3.63, 3.8) is 0 Å². The minimum atomic E-state index is 0.187. The fourth-order valence-corrected chi connectivity index (χ4v) is 6.26. The highest BCUT2D eigenvalue weighted by molar-refractivity contribution is 7.26. The molecule has 34 heavy (non-hydrogen) atoms. The van der Waals surface area contributed by atoms with Crippen LogP contribution in [0.1, 0.15) is 23.5 Å². The number of para-hydroxylation sites is 1. The van der Waals surface area contributed by atoms with Crippen LogP contribution in [-0.4, -0.2) is 7.85 Å². The van der Waals surface area contributed by atoms with Gasteiger partial charge in [0.25, 0.3) is 0 Å². The minimum Gasteiger partial charge on any atom is -0.314 e. The normalized spacial score (nSPS) is 15.6. The number of fused-ring (bicyclic) bond motifs is 3. The molecule has 5 aromatic rings. The van der Waals surface area contributed by atoms with Crippen molar-refractivity contribution >= 4 is 56.2 Å². The van der Waals surface area contributed by atoms with E-state index in [1.807, 2.05) is 23.5 Å². The summed E-state index contributed by atoms with van der Waals surface area (Å²) >= 11 is 1.88. The summed E-state index contributed by atoms with van der Waals surface area (Å²) in [7, 11) is 6.45. The second-order valence-electron chi connectivity index (χ2n) is 8.84. The molecule has 4 aromatic carbocycles. The Morgan fingerprint density at radius 1 is 0.824 bits per heavy atom. The van der Waals surface area contributed by atoms with Gasteiger partial charge in [0.2, 0.25) is 0 Å². The highest BCUT2D eigenvalue weighted by Crippen LogP contribution is 2.43. The predicted octanol–water partition coefficient (Wildman–Crippen LogP) is 7.92. The highest BCUT2D eigenvalue weighted by Gasteiger charge is 2.26. The molecule has 2 radical (unpaired) electrons. The van der Waals surface area contributed by atoms with Crippen LogP contribution < -0.4 is 10.4 Å². The van der Waals surface area contributed by atoms with E-state index in [1.165, 1.54) is 42.7 Å². The van der Waals surface area contributed by atoms with Crippen molar-refractivity contribution in [1.82, 2.24) is 0 Å². The third kappa shape index (κ3) is 3.57.